The molecule has 0 spiro atoms. The lowest BCUT2D eigenvalue weighted by Gasteiger charge is -2.06. The maximum Gasteiger partial charge on any atom is 0.283 e. The van der Waals surface area contributed by atoms with Crippen molar-refractivity contribution in [2.75, 3.05) is 6.54 Å². The van der Waals surface area contributed by atoms with Crippen molar-refractivity contribution in [2.24, 2.45) is 0 Å². The summed E-state index contributed by atoms with van der Waals surface area (Å²) in [4.78, 5) is 11.7. The van der Waals surface area contributed by atoms with Crippen LogP contribution in [0.2, 0.25) is 5.02 Å². The van der Waals surface area contributed by atoms with E-state index in [1.54, 1.807) is 6.92 Å². The third-order valence-corrected chi connectivity index (χ3v) is 3.48. The molecule has 0 aromatic carbocycles. The molecule has 0 unspecified atom stereocenters. The highest BCUT2D eigenvalue weighted by Gasteiger charge is 2.21. The van der Waals surface area contributed by atoms with Gasteiger partial charge < -0.3 is 5.32 Å². The molecule has 114 valence electrons. The van der Waals surface area contributed by atoms with E-state index in [-0.39, 0.29) is 17.5 Å². The minimum Gasteiger partial charge on any atom is -0.354 e. The molecular weight excluding hydrogens is 288 g/mol. The van der Waals surface area contributed by atoms with Crippen LogP contribution in [0, 0.1) is 6.92 Å². The van der Waals surface area contributed by atoms with Gasteiger partial charge in [0.05, 0.1) is 10.7 Å². The summed E-state index contributed by atoms with van der Waals surface area (Å²) >= 11 is 5.76. The number of aromatic nitrogens is 2. The van der Waals surface area contributed by atoms with Crippen LogP contribution in [0.5, 0.6) is 0 Å². The molecule has 1 aromatic heterocycles. The second-order valence-electron chi connectivity index (χ2n) is 4.65. The van der Waals surface area contributed by atoms with E-state index in [1.807, 2.05) is 0 Å². The summed E-state index contributed by atoms with van der Waals surface area (Å²) in [5.41, 5.74) is -0.0944. The van der Waals surface area contributed by atoms with Gasteiger partial charge >= 0.3 is 0 Å². The van der Waals surface area contributed by atoms with Gasteiger partial charge in [-0.3, -0.25) is 9.48 Å². The molecule has 20 heavy (non-hydrogen) atoms. The molecular formula is C13H20ClF2N3O. The molecule has 1 N–H and O–H groups in total. The molecule has 0 bridgehead atoms. The van der Waals surface area contributed by atoms with Crippen LogP contribution in [0.1, 0.15) is 50.4 Å². The topological polar surface area (TPSA) is 46.9 Å². The lowest BCUT2D eigenvalue weighted by molar-refractivity contribution is -0.121. The molecule has 1 amide bonds. The van der Waals surface area contributed by atoms with E-state index >= 15 is 0 Å². The summed E-state index contributed by atoms with van der Waals surface area (Å²) in [6.07, 6.45) is 1.52. The lowest BCUT2D eigenvalue weighted by atomic mass is 10.2. The maximum absolute atomic E-state index is 12.6. The molecule has 7 heteroatoms. The van der Waals surface area contributed by atoms with Gasteiger partial charge in [0.2, 0.25) is 5.91 Å². The van der Waals surface area contributed by atoms with Gasteiger partial charge in [-0.25, -0.2) is 8.78 Å². The Morgan fingerprint density at radius 1 is 1.40 bits per heavy atom. The number of halogens is 3. The molecule has 0 aliphatic heterocycles. The second kappa shape index (κ2) is 8.19. The zero-order valence-electron chi connectivity index (χ0n) is 11.8. The van der Waals surface area contributed by atoms with Crippen molar-refractivity contribution in [2.45, 2.75) is 52.5 Å². The highest BCUT2D eigenvalue weighted by Crippen LogP contribution is 2.28. The van der Waals surface area contributed by atoms with E-state index in [4.69, 9.17) is 11.6 Å². The Hall–Kier alpha value is -1.17. The van der Waals surface area contributed by atoms with Crippen molar-refractivity contribution >= 4 is 17.5 Å². The molecule has 1 aromatic rings. The number of alkyl halides is 2. The Labute approximate surface area is 122 Å². The van der Waals surface area contributed by atoms with Crippen molar-refractivity contribution in [1.82, 2.24) is 15.1 Å². The van der Waals surface area contributed by atoms with Gasteiger partial charge in [0.1, 0.15) is 12.2 Å². The number of nitrogens with zero attached hydrogens (tertiary/aromatic N) is 2. The molecule has 0 saturated heterocycles. The maximum atomic E-state index is 12.6. The Bertz CT molecular complexity index is 449. The summed E-state index contributed by atoms with van der Waals surface area (Å²) in [5.74, 6) is -0.246. The summed E-state index contributed by atoms with van der Waals surface area (Å²) in [6, 6.07) is 0. The largest absolute Gasteiger partial charge is 0.354 e. The fourth-order valence-corrected chi connectivity index (χ4v) is 2.03. The number of unbranched alkanes of at least 4 members (excludes halogenated alkanes) is 3. The normalized spacial score (nSPS) is 11.1. The fourth-order valence-electron chi connectivity index (χ4n) is 1.81. The Kier molecular flexibility index (Phi) is 6.91. The van der Waals surface area contributed by atoms with Gasteiger partial charge in [-0.2, -0.15) is 5.10 Å². The molecule has 0 radical (unpaired) electrons. The van der Waals surface area contributed by atoms with Crippen molar-refractivity contribution in [3.63, 3.8) is 0 Å². The van der Waals surface area contributed by atoms with Gasteiger partial charge in [0.15, 0.2) is 0 Å². The van der Waals surface area contributed by atoms with Gasteiger partial charge in [0, 0.05) is 6.54 Å². The van der Waals surface area contributed by atoms with Gasteiger partial charge in [-0.15, -0.1) is 0 Å². The molecule has 0 fully saturated rings. The van der Waals surface area contributed by atoms with Crippen LogP contribution in [0.4, 0.5) is 8.78 Å². The highest BCUT2D eigenvalue weighted by atomic mass is 35.5. The standard InChI is InChI=1S/C13H20ClF2N3O/c1-3-4-5-6-7-17-10(20)8-19-9(2)11(14)12(18-19)13(15)16/h13H,3-8H2,1-2H3,(H,17,20). The van der Waals surface area contributed by atoms with E-state index in [1.165, 1.54) is 4.68 Å². The van der Waals surface area contributed by atoms with E-state index in [0.29, 0.717) is 12.2 Å². The number of nitrogens with one attached hydrogen (secondary N) is 1. The molecule has 0 atom stereocenters. The zero-order valence-corrected chi connectivity index (χ0v) is 12.5. The lowest BCUT2D eigenvalue weighted by Crippen LogP contribution is -2.29. The number of hydrogen-bond donors (Lipinski definition) is 1. The number of rotatable bonds is 8. The second-order valence-corrected chi connectivity index (χ2v) is 5.03. The molecule has 0 aliphatic carbocycles. The quantitative estimate of drug-likeness (QED) is 0.747. The summed E-state index contributed by atoms with van der Waals surface area (Å²) < 4.78 is 26.5. The molecule has 4 nitrogen and oxygen atoms in total. The first kappa shape index (κ1) is 16.9. The van der Waals surface area contributed by atoms with Crippen LogP contribution in [-0.4, -0.2) is 22.2 Å². The van der Waals surface area contributed by atoms with Crippen LogP contribution < -0.4 is 5.32 Å². The number of amides is 1. The van der Waals surface area contributed by atoms with Crippen LogP contribution >= 0.6 is 11.6 Å². The monoisotopic (exact) mass is 307 g/mol. The number of hydrogen-bond acceptors (Lipinski definition) is 2. The third kappa shape index (κ3) is 4.74. The smallest absolute Gasteiger partial charge is 0.283 e. The average Bonchev–Trinajstić information content (AvgIpc) is 2.67. The fraction of sp³-hybridized carbons (Fsp3) is 0.692. The van der Waals surface area contributed by atoms with Crippen LogP contribution in [0.25, 0.3) is 0 Å². The highest BCUT2D eigenvalue weighted by molar-refractivity contribution is 6.31. The number of carbonyl (C=O) groups is 1. The first-order valence-electron chi connectivity index (χ1n) is 6.75. The zero-order chi connectivity index (χ0) is 15.1. The van der Waals surface area contributed by atoms with Crippen molar-refractivity contribution < 1.29 is 13.6 Å². The Balaban J connectivity index is 2.48. The SMILES string of the molecule is CCCCCCNC(=O)Cn1nc(C(F)F)c(Cl)c1C. The van der Waals surface area contributed by atoms with Gasteiger partial charge in [-0.05, 0) is 13.3 Å². The van der Waals surface area contributed by atoms with Crippen LogP contribution in [-0.2, 0) is 11.3 Å². The van der Waals surface area contributed by atoms with E-state index in [9.17, 15) is 13.6 Å². The van der Waals surface area contributed by atoms with E-state index < -0.39 is 12.1 Å². The molecule has 1 rings (SSSR count). The van der Waals surface area contributed by atoms with Crippen molar-refractivity contribution in [3.05, 3.63) is 16.4 Å². The summed E-state index contributed by atoms with van der Waals surface area (Å²) in [5, 5.41) is 6.35. The molecule has 0 saturated carbocycles. The van der Waals surface area contributed by atoms with Gasteiger partial charge in [0.25, 0.3) is 6.43 Å². The Morgan fingerprint density at radius 3 is 2.65 bits per heavy atom. The Morgan fingerprint density at radius 2 is 2.10 bits per heavy atom. The van der Waals surface area contributed by atoms with Crippen molar-refractivity contribution in [3.8, 4) is 0 Å². The number of carbonyl (C=O) groups excluding carboxylic acids is 1. The molecule has 0 aliphatic rings. The van der Waals surface area contributed by atoms with E-state index in [0.717, 1.165) is 25.7 Å². The van der Waals surface area contributed by atoms with Crippen LogP contribution in [0.15, 0.2) is 0 Å². The van der Waals surface area contributed by atoms with Crippen LogP contribution in [0.3, 0.4) is 0 Å². The third-order valence-electron chi connectivity index (χ3n) is 3.01. The predicted octanol–water partition coefficient (Wildman–Crippen LogP) is 3.48. The van der Waals surface area contributed by atoms with Crippen molar-refractivity contribution in [1.29, 1.82) is 0 Å². The van der Waals surface area contributed by atoms with E-state index in [2.05, 4.69) is 17.3 Å². The average molecular weight is 308 g/mol. The predicted molar refractivity (Wildman–Crippen MR) is 74.1 cm³/mol. The first-order valence-corrected chi connectivity index (χ1v) is 7.12. The summed E-state index contributed by atoms with van der Waals surface area (Å²) in [6.45, 7) is 4.18. The first-order chi connectivity index (χ1) is 9.47. The minimum absolute atomic E-state index is 0.0734. The minimum atomic E-state index is -2.74. The summed E-state index contributed by atoms with van der Waals surface area (Å²) in [7, 11) is 0. The molecule has 1 heterocycles. The van der Waals surface area contributed by atoms with Gasteiger partial charge in [-0.1, -0.05) is 37.8 Å².